The lowest BCUT2D eigenvalue weighted by Gasteiger charge is -2.17. The third-order valence-electron chi connectivity index (χ3n) is 3.28. The van der Waals surface area contributed by atoms with Crippen molar-refractivity contribution in [2.75, 3.05) is 0 Å². The Morgan fingerprint density at radius 1 is 1.13 bits per heavy atom. The Labute approximate surface area is 134 Å². The summed E-state index contributed by atoms with van der Waals surface area (Å²) in [5.41, 5.74) is 1.38. The molecule has 2 rings (SSSR count). The number of rotatable bonds is 5. The van der Waals surface area contributed by atoms with Crippen LogP contribution in [-0.4, -0.2) is 17.9 Å². The molecule has 0 saturated carbocycles. The Kier molecular flexibility index (Phi) is 5.46. The Bertz CT molecular complexity index is 698. The minimum atomic E-state index is -0.953. The van der Waals surface area contributed by atoms with Crippen molar-refractivity contribution in [3.05, 3.63) is 65.5 Å². The number of carbonyl (C=O) groups excluding carboxylic acids is 2. The van der Waals surface area contributed by atoms with Crippen LogP contribution in [0.15, 0.2) is 48.5 Å². The van der Waals surface area contributed by atoms with E-state index in [1.54, 1.807) is 30.3 Å². The first-order chi connectivity index (χ1) is 11.0. The van der Waals surface area contributed by atoms with Gasteiger partial charge in [0, 0.05) is 13.3 Å². The SMILES string of the molecule is CC(=O)NC(Cc1ccccc1F)C(=O)Oc1ccc(C)cc1. The zero-order valence-corrected chi connectivity index (χ0v) is 13.0. The van der Waals surface area contributed by atoms with Crippen LogP contribution in [0.5, 0.6) is 5.75 Å². The van der Waals surface area contributed by atoms with Crippen molar-refractivity contribution in [3.63, 3.8) is 0 Å². The Hall–Kier alpha value is -2.69. The number of hydrogen-bond acceptors (Lipinski definition) is 3. The second-order valence-electron chi connectivity index (χ2n) is 5.28. The molecule has 0 fully saturated rings. The average Bonchev–Trinajstić information content (AvgIpc) is 2.50. The minimum Gasteiger partial charge on any atom is -0.425 e. The summed E-state index contributed by atoms with van der Waals surface area (Å²) in [4.78, 5) is 23.6. The average molecular weight is 315 g/mol. The number of esters is 1. The normalized spacial score (nSPS) is 11.6. The maximum atomic E-state index is 13.8. The molecule has 5 heteroatoms. The Morgan fingerprint density at radius 3 is 2.39 bits per heavy atom. The number of ether oxygens (including phenoxy) is 1. The molecule has 1 atom stereocenters. The fourth-order valence-corrected chi connectivity index (χ4v) is 2.12. The van der Waals surface area contributed by atoms with Gasteiger partial charge in [-0.1, -0.05) is 35.9 Å². The summed E-state index contributed by atoms with van der Waals surface area (Å²) >= 11 is 0. The number of halogens is 1. The van der Waals surface area contributed by atoms with Gasteiger partial charge in [0.1, 0.15) is 17.6 Å². The van der Waals surface area contributed by atoms with Gasteiger partial charge in [-0.05, 0) is 30.7 Å². The first-order valence-electron chi connectivity index (χ1n) is 7.24. The number of hydrogen-bond donors (Lipinski definition) is 1. The van der Waals surface area contributed by atoms with Crippen LogP contribution in [-0.2, 0) is 16.0 Å². The number of amides is 1. The monoisotopic (exact) mass is 315 g/mol. The third-order valence-corrected chi connectivity index (χ3v) is 3.28. The lowest BCUT2D eigenvalue weighted by molar-refractivity contribution is -0.139. The largest absolute Gasteiger partial charge is 0.425 e. The zero-order chi connectivity index (χ0) is 16.8. The first-order valence-corrected chi connectivity index (χ1v) is 7.24. The van der Waals surface area contributed by atoms with Gasteiger partial charge in [0.05, 0.1) is 0 Å². The molecule has 2 aromatic rings. The van der Waals surface area contributed by atoms with Crippen LogP contribution in [0.1, 0.15) is 18.1 Å². The molecule has 0 aliphatic heterocycles. The summed E-state index contributed by atoms with van der Waals surface area (Å²) in [6.45, 7) is 3.22. The molecule has 23 heavy (non-hydrogen) atoms. The summed E-state index contributed by atoms with van der Waals surface area (Å²) < 4.78 is 19.0. The molecule has 0 radical (unpaired) electrons. The van der Waals surface area contributed by atoms with Gasteiger partial charge in [0.2, 0.25) is 5.91 Å². The molecule has 2 aromatic carbocycles. The molecule has 120 valence electrons. The molecule has 0 aromatic heterocycles. The highest BCUT2D eigenvalue weighted by Crippen LogP contribution is 2.14. The maximum Gasteiger partial charge on any atom is 0.334 e. The predicted octanol–water partition coefficient (Wildman–Crippen LogP) is 2.79. The molecule has 0 bridgehead atoms. The van der Waals surface area contributed by atoms with Crippen molar-refractivity contribution in [2.45, 2.75) is 26.3 Å². The molecule has 4 nitrogen and oxygen atoms in total. The van der Waals surface area contributed by atoms with Crippen LogP contribution >= 0.6 is 0 Å². The van der Waals surface area contributed by atoms with E-state index in [2.05, 4.69) is 5.32 Å². The van der Waals surface area contributed by atoms with Crippen molar-refractivity contribution in [1.29, 1.82) is 0 Å². The number of benzene rings is 2. The van der Waals surface area contributed by atoms with Crippen molar-refractivity contribution in [3.8, 4) is 5.75 Å². The lowest BCUT2D eigenvalue weighted by Crippen LogP contribution is -2.43. The molecule has 0 spiro atoms. The van der Waals surface area contributed by atoms with Gasteiger partial charge in [-0.25, -0.2) is 9.18 Å². The molecular weight excluding hydrogens is 297 g/mol. The van der Waals surface area contributed by atoms with Gasteiger partial charge in [0.15, 0.2) is 0 Å². The van der Waals surface area contributed by atoms with E-state index >= 15 is 0 Å². The van der Waals surface area contributed by atoms with E-state index in [1.165, 1.54) is 13.0 Å². The highest BCUT2D eigenvalue weighted by molar-refractivity contribution is 5.84. The van der Waals surface area contributed by atoms with Crippen molar-refractivity contribution >= 4 is 11.9 Å². The molecule has 1 amide bonds. The van der Waals surface area contributed by atoms with E-state index in [4.69, 9.17) is 4.74 Å². The zero-order valence-electron chi connectivity index (χ0n) is 13.0. The second kappa shape index (κ2) is 7.54. The summed E-state index contributed by atoms with van der Waals surface area (Å²) in [7, 11) is 0. The highest BCUT2D eigenvalue weighted by atomic mass is 19.1. The predicted molar refractivity (Wildman–Crippen MR) is 84.5 cm³/mol. The fraction of sp³-hybridized carbons (Fsp3) is 0.222. The number of carbonyl (C=O) groups is 2. The molecule has 1 unspecified atom stereocenters. The molecule has 0 saturated heterocycles. The number of aryl methyl sites for hydroxylation is 1. The first kappa shape index (κ1) is 16.7. The van der Waals surface area contributed by atoms with Gasteiger partial charge in [-0.3, -0.25) is 4.79 Å². The lowest BCUT2D eigenvalue weighted by atomic mass is 10.1. The molecule has 0 aliphatic carbocycles. The van der Waals surface area contributed by atoms with Crippen molar-refractivity contribution in [1.82, 2.24) is 5.32 Å². The van der Waals surface area contributed by atoms with Crippen LogP contribution in [0.25, 0.3) is 0 Å². The third kappa shape index (κ3) is 4.92. The van der Waals surface area contributed by atoms with E-state index in [0.717, 1.165) is 5.56 Å². The number of nitrogens with one attached hydrogen (secondary N) is 1. The van der Waals surface area contributed by atoms with Gasteiger partial charge in [-0.15, -0.1) is 0 Å². The maximum absolute atomic E-state index is 13.8. The summed E-state index contributed by atoms with van der Waals surface area (Å²) in [5.74, 6) is -1.06. The fourth-order valence-electron chi connectivity index (χ4n) is 2.12. The standard InChI is InChI=1S/C18H18FNO3/c1-12-7-9-15(10-8-12)23-18(22)17(20-13(2)21)11-14-5-3-4-6-16(14)19/h3-10,17H,11H2,1-2H3,(H,20,21). The highest BCUT2D eigenvalue weighted by Gasteiger charge is 2.23. The minimum absolute atomic E-state index is 0.0248. The van der Waals surface area contributed by atoms with E-state index in [-0.39, 0.29) is 12.3 Å². The molecule has 0 heterocycles. The Balaban J connectivity index is 2.13. The molecule has 0 aliphatic rings. The van der Waals surface area contributed by atoms with Gasteiger partial charge >= 0.3 is 5.97 Å². The Morgan fingerprint density at radius 2 is 1.78 bits per heavy atom. The summed E-state index contributed by atoms with van der Waals surface area (Å²) in [5, 5.41) is 2.51. The van der Waals surface area contributed by atoms with Crippen molar-refractivity contribution < 1.29 is 18.7 Å². The van der Waals surface area contributed by atoms with E-state index in [9.17, 15) is 14.0 Å². The van der Waals surface area contributed by atoms with Crippen LogP contribution in [0.3, 0.4) is 0 Å². The summed E-state index contributed by atoms with van der Waals surface area (Å²) in [6, 6.07) is 12.1. The second-order valence-corrected chi connectivity index (χ2v) is 5.28. The quantitative estimate of drug-likeness (QED) is 0.682. The van der Waals surface area contributed by atoms with Crippen LogP contribution in [0.4, 0.5) is 4.39 Å². The van der Waals surface area contributed by atoms with E-state index in [1.807, 2.05) is 19.1 Å². The van der Waals surface area contributed by atoms with Gasteiger partial charge in [-0.2, -0.15) is 0 Å². The summed E-state index contributed by atoms with van der Waals surface area (Å²) in [6.07, 6.45) is 0.0248. The molecular formula is C18H18FNO3. The van der Waals surface area contributed by atoms with Crippen LogP contribution in [0, 0.1) is 12.7 Å². The smallest absolute Gasteiger partial charge is 0.334 e. The van der Waals surface area contributed by atoms with Crippen LogP contribution in [0.2, 0.25) is 0 Å². The van der Waals surface area contributed by atoms with Crippen molar-refractivity contribution in [2.24, 2.45) is 0 Å². The van der Waals surface area contributed by atoms with Gasteiger partial charge in [0.25, 0.3) is 0 Å². The van der Waals surface area contributed by atoms with E-state index in [0.29, 0.717) is 11.3 Å². The molecule has 1 N–H and O–H groups in total. The topological polar surface area (TPSA) is 55.4 Å². The van der Waals surface area contributed by atoms with E-state index < -0.39 is 17.8 Å². The van der Waals surface area contributed by atoms with Gasteiger partial charge < -0.3 is 10.1 Å². The van der Waals surface area contributed by atoms with Crippen LogP contribution < -0.4 is 10.1 Å².